The number of rotatable bonds is 1. The first-order chi connectivity index (χ1) is 6.85. The lowest BCUT2D eigenvalue weighted by Crippen LogP contribution is -2.45. The van der Waals surface area contributed by atoms with Crippen LogP contribution in [0.1, 0.15) is 46.5 Å². The van der Waals surface area contributed by atoms with Gasteiger partial charge in [0.1, 0.15) is 0 Å². The van der Waals surface area contributed by atoms with E-state index in [1.54, 1.807) is 0 Å². The van der Waals surface area contributed by atoms with Gasteiger partial charge in [-0.3, -0.25) is 0 Å². The zero-order valence-corrected chi connectivity index (χ0v) is 10.8. The zero-order valence-electron chi connectivity index (χ0n) is 10.8. The van der Waals surface area contributed by atoms with Crippen molar-refractivity contribution in [1.29, 1.82) is 0 Å². The predicted octanol–water partition coefficient (Wildman–Crippen LogP) is 3.46. The molecule has 2 fully saturated rings. The van der Waals surface area contributed by atoms with E-state index in [4.69, 9.17) is 0 Å². The standard InChI is InChI=1S/C14H25N/c1-11-6-8-14(10-13(2,3)4)12(11)7-9-15(14)5/h12H,1,6-10H2,2-5H3. The van der Waals surface area contributed by atoms with E-state index < -0.39 is 0 Å². The van der Waals surface area contributed by atoms with Crippen LogP contribution in [0, 0.1) is 11.3 Å². The van der Waals surface area contributed by atoms with E-state index in [1.165, 1.54) is 37.8 Å². The summed E-state index contributed by atoms with van der Waals surface area (Å²) in [6.45, 7) is 12.6. The summed E-state index contributed by atoms with van der Waals surface area (Å²) in [5, 5.41) is 0. The van der Waals surface area contributed by atoms with Gasteiger partial charge < -0.3 is 4.90 Å². The molecule has 0 aromatic rings. The van der Waals surface area contributed by atoms with E-state index in [1.807, 2.05) is 0 Å². The first kappa shape index (κ1) is 11.2. The lowest BCUT2D eigenvalue weighted by Gasteiger charge is -2.41. The van der Waals surface area contributed by atoms with Gasteiger partial charge in [-0.25, -0.2) is 0 Å². The molecule has 2 unspecified atom stereocenters. The number of nitrogens with zero attached hydrogens (tertiary/aromatic N) is 1. The molecule has 2 rings (SSSR count). The molecule has 0 amide bonds. The molecule has 0 N–H and O–H groups in total. The average molecular weight is 207 g/mol. The maximum Gasteiger partial charge on any atom is 0.0280 e. The van der Waals surface area contributed by atoms with Gasteiger partial charge in [0.25, 0.3) is 0 Å². The topological polar surface area (TPSA) is 3.24 Å². The highest BCUT2D eigenvalue weighted by Gasteiger charge is 2.52. The molecule has 1 heteroatoms. The fourth-order valence-corrected chi connectivity index (χ4v) is 3.85. The summed E-state index contributed by atoms with van der Waals surface area (Å²) in [6.07, 6.45) is 5.25. The van der Waals surface area contributed by atoms with Crippen molar-refractivity contribution in [2.75, 3.05) is 13.6 Å². The van der Waals surface area contributed by atoms with Gasteiger partial charge in [0.2, 0.25) is 0 Å². The van der Waals surface area contributed by atoms with E-state index >= 15 is 0 Å². The second kappa shape index (κ2) is 3.35. The van der Waals surface area contributed by atoms with Crippen LogP contribution in [0.25, 0.3) is 0 Å². The lowest BCUT2D eigenvalue weighted by molar-refractivity contribution is 0.0969. The molecule has 0 aromatic heterocycles. The summed E-state index contributed by atoms with van der Waals surface area (Å²) >= 11 is 0. The Kier molecular flexibility index (Phi) is 2.50. The molecule has 1 heterocycles. The van der Waals surface area contributed by atoms with E-state index in [0.717, 1.165) is 5.92 Å². The third-order valence-corrected chi connectivity index (χ3v) is 4.37. The molecule has 0 spiro atoms. The highest BCUT2D eigenvalue weighted by atomic mass is 15.2. The van der Waals surface area contributed by atoms with Crippen molar-refractivity contribution in [3.8, 4) is 0 Å². The van der Waals surface area contributed by atoms with E-state index in [2.05, 4.69) is 39.3 Å². The Bertz CT molecular complexity index is 274. The highest BCUT2D eigenvalue weighted by Crippen LogP contribution is 2.53. The van der Waals surface area contributed by atoms with Crippen molar-refractivity contribution < 1.29 is 0 Å². The normalized spacial score (nSPS) is 37.3. The van der Waals surface area contributed by atoms with Crippen molar-refractivity contribution in [3.63, 3.8) is 0 Å². The van der Waals surface area contributed by atoms with E-state index in [9.17, 15) is 0 Å². The summed E-state index contributed by atoms with van der Waals surface area (Å²) in [4.78, 5) is 2.61. The molecule has 1 aliphatic carbocycles. The second-order valence-corrected chi connectivity index (χ2v) is 6.76. The largest absolute Gasteiger partial charge is 0.300 e. The third-order valence-electron chi connectivity index (χ3n) is 4.37. The first-order valence-electron chi connectivity index (χ1n) is 6.24. The smallest absolute Gasteiger partial charge is 0.0280 e. The lowest BCUT2D eigenvalue weighted by atomic mass is 9.74. The molecule has 1 aliphatic heterocycles. The van der Waals surface area contributed by atoms with Crippen LogP contribution >= 0.6 is 0 Å². The third kappa shape index (κ3) is 1.75. The van der Waals surface area contributed by atoms with Gasteiger partial charge in [0.15, 0.2) is 0 Å². The van der Waals surface area contributed by atoms with Crippen molar-refractivity contribution in [2.45, 2.75) is 52.0 Å². The van der Waals surface area contributed by atoms with Crippen molar-refractivity contribution in [2.24, 2.45) is 11.3 Å². The molecule has 86 valence electrons. The van der Waals surface area contributed by atoms with Crippen molar-refractivity contribution in [3.05, 3.63) is 12.2 Å². The SMILES string of the molecule is C=C1CCC2(CC(C)(C)C)C1CCN2C. The molecule has 15 heavy (non-hydrogen) atoms. The molecule has 2 aliphatic rings. The Morgan fingerprint density at radius 2 is 2.13 bits per heavy atom. The van der Waals surface area contributed by atoms with Gasteiger partial charge in [0.05, 0.1) is 0 Å². The first-order valence-corrected chi connectivity index (χ1v) is 6.24. The quantitative estimate of drug-likeness (QED) is 0.595. The molecule has 1 saturated heterocycles. The molecule has 1 saturated carbocycles. The Hall–Kier alpha value is -0.300. The van der Waals surface area contributed by atoms with Crippen molar-refractivity contribution in [1.82, 2.24) is 4.90 Å². The summed E-state index contributed by atoms with van der Waals surface area (Å²) in [6, 6.07) is 0. The summed E-state index contributed by atoms with van der Waals surface area (Å²) in [7, 11) is 2.31. The Morgan fingerprint density at radius 1 is 1.47 bits per heavy atom. The minimum absolute atomic E-state index is 0.432. The van der Waals surface area contributed by atoms with E-state index in [-0.39, 0.29) is 0 Å². The Morgan fingerprint density at radius 3 is 2.73 bits per heavy atom. The molecule has 2 atom stereocenters. The molecule has 1 nitrogen and oxygen atoms in total. The van der Waals surface area contributed by atoms with Gasteiger partial charge in [-0.15, -0.1) is 0 Å². The van der Waals surface area contributed by atoms with Gasteiger partial charge in [-0.05, 0) is 50.6 Å². The Balaban J connectivity index is 2.26. The summed E-state index contributed by atoms with van der Waals surface area (Å²) in [5.41, 5.74) is 2.40. The maximum absolute atomic E-state index is 4.28. The van der Waals surface area contributed by atoms with Gasteiger partial charge >= 0.3 is 0 Å². The molecule has 0 aromatic carbocycles. The fourth-order valence-electron chi connectivity index (χ4n) is 3.85. The van der Waals surface area contributed by atoms with Crippen LogP contribution in [0.5, 0.6) is 0 Å². The monoisotopic (exact) mass is 207 g/mol. The molecule has 0 radical (unpaired) electrons. The number of hydrogen-bond acceptors (Lipinski definition) is 1. The highest BCUT2D eigenvalue weighted by molar-refractivity contribution is 5.22. The van der Waals surface area contributed by atoms with Gasteiger partial charge in [0, 0.05) is 5.54 Å². The second-order valence-electron chi connectivity index (χ2n) is 6.76. The van der Waals surface area contributed by atoms with Crippen LogP contribution in [-0.2, 0) is 0 Å². The zero-order chi connectivity index (χ0) is 11.3. The van der Waals surface area contributed by atoms with Crippen LogP contribution < -0.4 is 0 Å². The number of likely N-dealkylation sites (tertiary alicyclic amines) is 1. The van der Waals surface area contributed by atoms with Gasteiger partial charge in [-0.1, -0.05) is 32.9 Å². The Labute approximate surface area is 94.5 Å². The fraction of sp³-hybridized carbons (Fsp3) is 0.857. The van der Waals surface area contributed by atoms with Crippen LogP contribution in [0.2, 0.25) is 0 Å². The average Bonchev–Trinajstić information content (AvgIpc) is 2.53. The van der Waals surface area contributed by atoms with Crippen LogP contribution in [-0.4, -0.2) is 24.0 Å². The maximum atomic E-state index is 4.28. The van der Waals surface area contributed by atoms with E-state index in [0.29, 0.717) is 11.0 Å². The number of fused-ring (bicyclic) bond motifs is 1. The van der Waals surface area contributed by atoms with Crippen LogP contribution in [0.15, 0.2) is 12.2 Å². The molecule has 0 bridgehead atoms. The van der Waals surface area contributed by atoms with Gasteiger partial charge in [-0.2, -0.15) is 0 Å². The summed E-state index contributed by atoms with van der Waals surface area (Å²) in [5.74, 6) is 0.779. The van der Waals surface area contributed by atoms with Crippen molar-refractivity contribution >= 4 is 0 Å². The summed E-state index contributed by atoms with van der Waals surface area (Å²) < 4.78 is 0. The molecular weight excluding hydrogens is 182 g/mol. The number of hydrogen-bond donors (Lipinski definition) is 0. The minimum Gasteiger partial charge on any atom is -0.300 e. The van der Waals surface area contributed by atoms with Crippen LogP contribution in [0.3, 0.4) is 0 Å². The predicted molar refractivity (Wildman–Crippen MR) is 65.9 cm³/mol. The minimum atomic E-state index is 0.432. The molecular formula is C14H25N. The van der Waals surface area contributed by atoms with Crippen LogP contribution in [0.4, 0.5) is 0 Å².